The van der Waals surface area contributed by atoms with Crippen molar-refractivity contribution in [1.29, 1.82) is 0 Å². The normalized spacial score (nSPS) is 20.6. The third kappa shape index (κ3) is 2.61. The van der Waals surface area contributed by atoms with Gasteiger partial charge in [0, 0.05) is 5.56 Å². The van der Waals surface area contributed by atoms with Gasteiger partial charge in [0.2, 0.25) is 5.91 Å². The SMILES string of the molecule is NC(=O)c1ccccc1CC1CCCNC1. The molecule has 0 aromatic heterocycles. The predicted molar refractivity (Wildman–Crippen MR) is 64.3 cm³/mol. The molecule has 1 fully saturated rings. The highest BCUT2D eigenvalue weighted by Crippen LogP contribution is 2.18. The average Bonchev–Trinajstić information content (AvgIpc) is 2.31. The Bertz CT molecular complexity index is 370. The van der Waals surface area contributed by atoms with Gasteiger partial charge < -0.3 is 11.1 Å². The fourth-order valence-electron chi connectivity index (χ4n) is 2.35. The Morgan fingerprint density at radius 3 is 2.94 bits per heavy atom. The van der Waals surface area contributed by atoms with Crippen LogP contribution in [0.2, 0.25) is 0 Å². The topological polar surface area (TPSA) is 55.1 Å². The maximum absolute atomic E-state index is 11.3. The molecule has 1 aliphatic rings. The Balaban J connectivity index is 2.10. The summed E-state index contributed by atoms with van der Waals surface area (Å²) in [4.78, 5) is 11.3. The Hall–Kier alpha value is -1.35. The molecule has 2 rings (SSSR count). The summed E-state index contributed by atoms with van der Waals surface area (Å²) in [5, 5.41) is 3.39. The first-order valence-corrected chi connectivity index (χ1v) is 5.86. The van der Waals surface area contributed by atoms with Crippen molar-refractivity contribution >= 4 is 5.91 Å². The zero-order chi connectivity index (χ0) is 11.4. The van der Waals surface area contributed by atoms with Crippen LogP contribution in [0, 0.1) is 5.92 Å². The highest BCUT2D eigenvalue weighted by molar-refractivity contribution is 5.94. The molecule has 1 atom stereocenters. The van der Waals surface area contributed by atoms with E-state index < -0.39 is 0 Å². The molecule has 0 saturated carbocycles. The van der Waals surface area contributed by atoms with E-state index in [-0.39, 0.29) is 5.91 Å². The van der Waals surface area contributed by atoms with Crippen molar-refractivity contribution in [2.24, 2.45) is 11.7 Å². The third-order valence-electron chi connectivity index (χ3n) is 3.19. The van der Waals surface area contributed by atoms with Gasteiger partial charge in [-0.25, -0.2) is 0 Å². The first-order valence-electron chi connectivity index (χ1n) is 5.86. The van der Waals surface area contributed by atoms with Crippen LogP contribution in [0.5, 0.6) is 0 Å². The van der Waals surface area contributed by atoms with E-state index in [1.54, 1.807) is 0 Å². The van der Waals surface area contributed by atoms with Crippen LogP contribution >= 0.6 is 0 Å². The monoisotopic (exact) mass is 218 g/mol. The average molecular weight is 218 g/mol. The minimum Gasteiger partial charge on any atom is -0.366 e. The van der Waals surface area contributed by atoms with Gasteiger partial charge in [-0.2, -0.15) is 0 Å². The molecule has 1 aromatic rings. The lowest BCUT2D eigenvalue weighted by molar-refractivity contribution is 0.0999. The molecular weight excluding hydrogens is 200 g/mol. The van der Waals surface area contributed by atoms with Crippen LogP contribution in [0.15, 0.2) is 24.3 Å². The van der Waals surface area contributed by atoms with Crippen molar-refractivity contribution in [2.45, 2.75) is 19.3 Å². The van der Waals surface area contributed by atoms with E-state index in [1.165, 1.54) is 12.8 Å². The number of piperidine rings is 1. The Morgan fingerprint density at radius 1 is 1.44 bits per heavy atom. The van der Waals surface area contributed by atoms with Gasteiger partial charge in [0.25, 0.3) is 0 Å². The lowest BCUT2D eigenvalue weighted by Crippen LogP contribution is -2.31. The van der Waals surface area contributed by atoms with Gasteiger partial charge in [-0.1, -0.05) is 18.2 Å². The number of carbonyl (C=O) groups excluding carboxylic acids is 1. The Morgan fingerprint density at radius 2 is 2.25 bits per heavy atom. The maximum Gasteiger partial charge on any atom is 0.248 e. The van der Waals surface area contributed by atoms with E-state index in [2.05, 4.69) is 5.32 Å². The lowest BCUT2D eigenvalue weighted by Gasteiger charge is -2.23. The summed E-state index contributed by atoms with van der Waals surface area (Å²) in [7, 11) is 0. The molecule has 3 heteroatoms. The van der Waals surface area contributed by atoms with Gasteiger partial charge in [0.15, 0.2) is 0 Å². The second-order valence-corrected chi connectivity index (χ2v) is 4.44. The first-order chi connectivity index (χ1) is 7.77. The first kappa shape index (κ1) is 11.1. The van der Waals surface area contributed by atoms with Crippen molar-refractivity contribution in [1.82, 2.24) is 5.32 Å². The third-order valence-corrected chi connectivity index (χ3v) is 3.19. The molecule has 1 heterocycles. The molecule has 0 radical (unpaired) electrons. The molecule has 1 saturated heterocycles. The van der Waals surface area contributed by atoms with Crippen LogP contribution in [0.3, 0.4) is 0 Å². The Kier molecular flexibility index (Phi) is 3.57. The molecule has 0 aliphatic carbocycles. The van der Waals surface area contributed by atoms with E-state index >= 15 is 0 Å². The number of nitrogens with two attached hydrogens (primary N) is 1. The summed E-state index contributed by atoms with van der Waals surface area (Å²) < 4.78 is 0. The van der Waals surface area contributed by atoms with Gasteiger partial charge in [-0.3, -0.25) is 4.79 Å². The number of rotatable bonds is 3. The van der Waals surface area contributed by atoms with Crippen LogP contribution in [-0.2, 0) is 6.42 Å². The van der Waals surface area contributed by atoms with Gasteiger partial charge >= 0.3 is 0 Å². The van der Waals surface area contributed by atoms with Crippen LogP contribution < -0.4 is 11.1 Å². The molecule has 86 valence electrons. The number of hydrogen-bond donors (Lipinski definition) is 2. The van der Waals surface area contributed by atoms with Gasteiger partial charge in [0.1, 0.15) is 0 Å². The van der Waals surface area contributed by atoms with E-state index in [4.69, 9.17) is 5.73 Å². The van der Waals surface area contributed by atoms with Crippen molar-refractivity contribution in [3.63, 3.8) is 0 Å². The van der Waals surface area contributed by atoms with Crippen LogP contribution in [-0.4, -0.2) is 19.0 Å². The number of nitrogens with one attached hydrogen (secondary N) is 1. The number of primary amides is 1. The molecule has 3 N–H and O–H groups in total. The summed E-state index contributed by atoms with van der Waals surface area (Å²) in [5.41, 5.74) is 7.13. The maximum atomic E-state index is 11.3. The fourth-order valence-corrected chi connectivity index (χ4v) is 2.35. The second kappa shape index (κ2) is 5.12. The van der Waals surface area contributed by atoms with Gasteiger partial charge in [-0.15, -0.1) is 0 Å². The summed E-state index contributed by atoms with van der Waals surface area (Å²) in [6, 6.07) is 7.66. The molecule has 0 bridgehead atoms. The van der Waals surface area contributed by atoms with Crippen molar-refractivity contribution in [3.8, 4) is 0 Å². The number of amides is 1. The molecule has 0 spiro atoms. The number of carbonyl (C=O) groups is 1. The minimum absolute atomic E-state index is 0.320. The molecule has 1 aromatic carbocycles. The van der Waals surface area contributed by atoms with Crippen LogP contribution in [0.1, 0.15) is 28.8 Å². The lowest BCUT2D eigenvalue weighted by atomic mass is 9.90. The van der Waals surface area contributed by atoms with Crippen molar-refractivity contribution in [3.05, 3.63) is 35.4 Å². The number of hydrogen-bond acceptors (Lipinski definition) is 2. The van der Waals surface area contributed by atoms with Gasteiger partial charge in [-0.05, 0) is 49.9 Å². The highest BCUT2D eigenvalue weighted by Gasteiger charge is 2.16. The van der Waals surface area contributed by atoms with Gasteiger partial charge in [0.05, 0.1) is 0 Å². The Labute approximate surface area is 96.0 Å². The largest absolute Gasteiger partial charge is 0.366 e. The van der Waals surface area contributed by atoms with E-state index in [1.807, 2.05) is 24.3 Å². The predicted octanol–water partition coefficient (Wildman–Crippen LogP) is 1.33. The standard InChI is InChI=1S/C13H18N2O/c14-13(16)12-6-2-1-5-11(12)8-10-4-3-7-15-9-10/h1-2,5-6,10,15H,3-4,7-9H2,(H2,14,16). The summed E-state index contributed by atoms with van der Waals surface area (Å²) in [5.74, 6) is 0.314. The summed E-state index contributed by atoms with van der Waals surface area (Å²) in [6.45, 7) is 2.17. The van der Waals surface area contributed by atoms with Crippen LogP contribution in [0.25, 0.3) is 0 Å². The summed E-state index contributed by atoms with van der Waals surface area (Å²) in [6.07, 6.45) is 3.41. The quantitative estimate of drug-likeness (QED) is 0.804. The fraction of sp³-hybridized carbons (Fsp3) is 0.462. The summed E-state index contributed by atoms with van der Waals surface area (Å²) >= 11 is 0. The molecular formula is C13H18N2O. The second-order valence-electron chi connectivity index (χ2n) is 4.44. The molecule has 1 aliphatic heterocycles. The van der Waals surface area contributed by atoms with E-state index in [0.29, 0.717) is 11.5 Å². The van der Waals surface area contributed by atoms with Crippen molar-refractivity contribution in [2.75, 3.05) is 13.1 Å². The molecule has 1 amide bonds. The molecule has 3 nitrogen and oxygen atoms in total. The van der Waals surface area contributed by atoms with E-state index in [0.717, 1.165) is 25.1 Å². The van der Waals surface area contributed by atoms with Crippen LogP contribution in [0.4, 0.5) is 0 Å². The zero-order valence-corrected chi connectivity index (χ0v) is 9.41. The number of benzene rings is 1. The smallest absolute Gasteiger partial charge is 0.248 e. The van der Waals surface area contributed by atoms with Crippen molar-refractivity contribution < 1.29 is 4.79 Å². The molecule has 1 unspecified atom stereocenters. The van der Waals surface area contributed by atoms with E-state index in [9.17, 15) is 4.79 Å². The zero-order valence-electron chi connectivity index (χ0n) is 9.41. The minimum atomic E-state index is -0.320. The highest BCUT2D eigenvalue weighted by atomic mass is 16.1. The molecule has 16 heavy (non-hydrogen) atoms.